The Balaban J connectivity index is 2.17. The zero-order chi connectivity index (χ0) is 12.6. The smallest absolute Gasteiger partial charge is 0.145 e. The fraction of sp³-hybridized carbons (Fsp3) is 0.250. The van der Waals surface area contributed by atoms with Crippen LogP contribution in [0.3, 0.4) is 0 Å². The molecule has 1 atom stereocenters. The zero-order valence-electron chi connectivity index (χ0n) is 10.3. The summed E-state index contributed by atoms with van der Waals surface area (Å²) in [5.41, 5.74) is 0.123. The minimum absolute atomic E-state index is 0.532. The Kier molecular flexibility index (Phi) is 2.51. The van der Waals surface area contributed by atoms with Gasteiger partial charge in [-0.05, 0) is 18.1 Å². The fourth-order valence-corrected chi connectivity index (χ4v) is 2.45. The molecule has 1 N–H and O–H groups in total. The van der Waals surface area contributed by atoms with Crippen molar-refractivity contribution in [1.29, 1.82) is 0 Å². The van der Waals surface area contributed by atoms with E-state index in [1.54, 1.807) is 0 Å². The molecular formula is C16H16O2. The van der Waals surface area contributed by atoms with Crippen molar-refractivity contribution in [3.8, 4) is 0 Å². The average Bonchev–Trinajstić information content (AvgIpc) is 3.19. The topological polar surface area (TPSA) is 32.8 Å². The van der Waals surface area contributed by atoms with E-state index < -0.39 is 11.2 Å². The van der Waals surface area contributed by atoms with Crippen LogP contribution in [0.25, 0.3) is 0 Å². The van der Waals surface area contributed by atoms with Crippen molar-refractivity contribution in [3.05, 3.63) is 71.8 Å². The summed E-state index contributed by atoms with van der Waals surface area (Å²) in [5, 5.41) is 11.2. The lowest BCUT2D eigenvalue weighted by Gasteiger charge is -2.33. The summed E-state index contributed by atoms with van der Waals surface area (Å²) in [6.07, 6.45) is 0. The van der Waals surface area contributed by atoms with Crippen molar-refractivity contribution in [2.45, 2.75) is 18.1 Å². The van der Waals surface area contributed by atoms with E-state index in [9.17, 15) is 5.11 Å². The maximum absolute atomic E-state index is 11.2. The van der Waals surface area contributed by atoms with Gasteiger partial charge in [0.1, 0.15) is 11.2 Å². The quantitative estimate of drug-likeness (QED) is 0.837. The van der Waals surface area contributed by atoms with Gasteiger partial charge in [-0.15, -0.1) is 0 Å². The second-order valence-corrected chi connectivity index (χ2v) is 4.96. The summed E-state index contributed by atoms with van der Waals surface area (Å²) < 4.78 is 5.52. The minimum atomic E-state index is -1.09. The Morgan fingerprint density at radius 2 is 1.33 bits per heavy atom. The van der Waals surface area contributed by atoms with E-state index in [1.807, 2.05) is 67.6 Å². The highest BCUT2D eigenvalue weighted by molar-refractivity contribution is 5.41. The average molecular weight is 240 g/mol. The number of benzene rings is 2. The summed E-state index contributed by atoms with van der Waals surface area (Å²) in [6.45, 7) is 2.53. The van der Waals surface area contributed by atoms with Crippen molar-refractivity contribution in [3.63, 3.8) is 0 Å². The highest BCUT2D eigenvalue weighted by Crippen LogP contribution is 2.48. The molecule has 0 spiro atoms. The molecule has 2 nitrogen and oxygen atoms in total. The highest BCUT2D eigenvalue weighted by Gasteiger charge is 2.59. The highest BCUT2D eigenvalue weighted by atomic mass is 16.6. The molecule has 0 aliphatic carbocycles. The molecule has 1 unspecified atom stereocenters. The first-order chi connectivity index (χ1) is 8.67. The Morgan fingerprint density at radius 1 is 0.944 bits per heavy atom. The molecule has 2 heteroatoms. The number of rotatable bonds is 3. The third-order valence-corrected chi connectivity index (χ3v) is 3.73. The van der Waals surface area contributed by atoms with Crippen molar-refractivity contribution in [1.82, 2.24) is 0 Å². The van der Waals surface area contributed by atoms with Crippen molar-refractivity contribution >= 4 is 0 Å². The van der Waals surface area contributed by atoms with E-state index in [0.29, 0.717) is 6.61 Å². The van der Waals surface area contributed by atoms with Gasteiger partial charge in [0, 0.05) is 0 Å². The molecule has 1 heterocycles. The van der Waals surface area contributed by atoms with E-state index in [-0.39, 0.29) is 0 Å². The molecule has 1 aliphatic heterocycles. The van der Waals surface area contributed by atoms with Gasteiger partial charge in [-0.1, -0.05) is 60.7 Å². The van der Waals surface area contributed by atoms with Crippen molar-refractivity contribution < 1.29 is 9.84 Å². The van der Waals surface area contributed by atoms with Gasteiger partial charge < -0.3 is 9.84 Å². The lowest BCUT2D eigenvalue weighted by atomic mass is 9.77. The van der Waals surface area contributed by atoms with Crippen LogP contribution in [0.2, 0.25) is 0 Å². The van der Waals surface area contributed by atoms with Crippen LogP contribution in [0.15, 0.2) is 60.7 Å². The standard InChI is InChI=1S/C16H16O2/c1-15(12-18-15)16(17,13-8-4-2-5-9-13)14-10-6-3-7-11-14/h2-11,17H,12H2,1H3. The molecule has 1 saturated heterocycles. The normalized spacial score (nSPS) is 22.8. The molecule has 0 bridgehead atoms. The van der Waals surface area contributed by atoms with E-state index >= 15 is 0 Å². The van der Waals surface area contributed by atoms with Crippen LogP contribution in [0.1, 0.15) is 18.1 Å². The molecule has 0 aromatic heterocycles. The molecule has 0 amide bonds. The van der Waals surface area contributed by atoms with Gasteiger partial charge >= 0.3 is 0 Å². The number of ether oxygens (including phenoxy) is 1. The van der Waals surface area contributed by atoms with Gasteiger partial charge in [-0.25, -0.2) is 0 Å². The predicted molar refractivity (Wildman–Crippen MR) is 70.2 cm³/mol. The monoisotopic (exact) mass is 240 g/mol. The first-order valence-corrected chi connectivity index (χ1v) is 6.14. The van der Waals surface area contributed by atoms with Gasteiger partial charge in [-0.3, -0.25) is 0 Å². The van der Waals surface area contributed by atoms with E-state index in [4.69, 9.17) is 4.74 Å². The molecule has 1 fully saturated rings. The molecule has 92 valence electrons. The molecule has 2 aromatic carbocycles. The summed E-state index contributed by atoms with van der Waals surface area (Å²) in [4.78, 5) is 0. The van der Waals surface area contributed by atoms with E-state index in [2.05, 4.69) is 0 Å². The van der Waals surface area contributed by atoms with Gasteiger partial charge in [0.15, 0.2) is 0 Å². The summed E-state index contributed by atoms with van der Waals surface area (Å²) >= 11 is 0. The molecule has 3 rings (SSSR count). The van der Waals surface area contributed by atoms with Gasteiger partial charge in [0.25, 0.3) is 0 Å². The zero-order valence-corrected chi connectivity index (χ0v) is 10.3. The first kappa shape index (κ1) is 11.5. The molecule has 0 radical (unpaired) electrons. The number of aliphatic hydroxyl groups is 1. The summed E-state index contributed by atoms with van der Waals surface area (Å²) in [7, 11) is 0. The van der Waals surface area contributed by atoms with Crippen LogP contribution < -0.4 is 0 Å². The second kappa shape index (κ2) is 3.94. The lowest BCUT2D eigenvalue weighted by molar-refractivity contribution is 0.00145. The van der Waals surface area contributed by atoms with Crippen LogP contribution in [0.4, 0.5) is 0 Å². The molecule has 2 aromatic rings. The Bertz CT molecular complexity index is 490. The largest absolute Gasteiger partial charge is 0.377 e. The van der Waals surface area contributed by atoms with Gasteiger partial charge in [-0.2, -0.15) is 0 Å². The Labute approximate surface area is 107 Å². The third kappa shape index (κ3) is 1.57. The van der Waals surface area contributed by atoms with Crippen molar-refractivity contribution in [2.75, 3.05) is 6.61 Å². The predicted octanol–water partition coefficient (Wildman–Crippen LogP) is 2.71. The Hall–Kier alpha value is -1.64. The number of hydrogen-bond acceptors (Lipinski definition) is 2. The van der Waals surface area contributed by atoms with Gasteiger partial charge in [0.05, 0.1) is 6.61 Å². The van der Waals surface area contributed by atoms with Crippen LogP contribution in [-0.4, -0.2) is 17.3 Å². The minimum Gasteiger partial charge on any atom is -0.377 e. The fourth-order valence-electron chi connectivity index (χ4n) is 2.45. The van der Waals surface area contributed by atoms with Gasteiger partial charge in [0.2, 0.25) is 0 Å². The van der Waals surface area contributed by atoms with Crippen LogP contribution in [-0.2, 0) is 10.3 Å². The molecule has 18 heavy (non-hydrogen) atoms. The molecule has 1 aliphatic rings. The number of hydrogen-bond donors (Lipinski definition) is 1. The maximum atomic E-state index is 11.2. The van der Waals surface area contributed by atoms with Crippen LogP contribution in [0.5, 0.6) is 0 Å². The maximum Gasteiger partial charge on any atom is 0.145 e. The van der Waals surface area contributed by atoms with E-state index in [0.717, 1.165) is 11.1 Å². The second-order valence-electron chi connectivity index (χ2n) is 4.96. The molecule has 0 saturated carbocycles. The molecular weight excluding hydrogens is 224 g/mol. The summed E-state index contributed by atoms with van der Waals surface area (Å²) in [5.74, 6) is 0. The van der Waals surface area contributed by atoms with Crippen LogP contribution >= 0.6 is 0 Å². The lowest BCUT2D eigenvalue weighted by Crippen LogP contribution is -2.41. The SMILES string of the molecule is CC1(C(O)(c2ccccc2)c2ccccc2)CO1. The summed E-state index contributed by atoms with van der Waals surface area (Å²) in [6, 6.07) is 19.4. The number of epoxide rings is 1. The van der Waals surface area contributed by atoms with Crippen molar-refractivity contribution in [2.24, 2.45) is 0 Å². The Morgan fingerprint density at radius 3 is 1.67 bits per heavy atom. The third-order valence-electron chi connectivity index (χ3n) is 3.73. The van der Waals surface area contributed by atoms with Crippen LogP contribution in [0, 0.1) is 0 Å². The van der Waals surface area contributed by atoms with E-state index in [1.165, 1.54) is 0 Å². The first-order valence-electron chi connectivity index (χ1n) is 6.14.